The minimum atomic E-state index is -0.411. The fraction of sp³-hybridized carbons (Fsp3) is 0.467. The summed E-state index contributed by atoms with van der Waals surface area (Å²) in [6, 6.07) is 5.45. The van der Waals surface area contributed by atoms with Gasteiger partial charge in [-0.1, -0.05) is 5.16 Å². The van der Waals surface area contributed by atoms with Crippen molar-refractivity contribution in [3.63, 3.8) is 0 Å². The van der Waals surface area contributed by atoms with E-state index in [1.807, 2.05) is 6.07 Å². The average Bonchev–Trinajstić information content (AvgIpc) is 3.08. The molecule has 20 heavy (non-hydrogen) atoms. The van der Waals surface area contributed by atoms with Crippen LogP contribution >= 0.6 is 0 Å². The van der Waals surface area contributed by atoms with E-state index in [2.05, 4.69) is 5.16 Å². The lowest BCUT2D eigenvalue weighted by atomic mass is 9.93. The van der Waals surface area contributed by atoms with E-state index in [-0.39, 0.29) is 6.10 Å². The second-order valence-electron chi connectivity index (χ2n) is 5.06. The van der Waals surface area contributed by atoms with Crippen LogP contribution in [0.15, 0.2) is 23.4 Å². The molecule has 1 fully saturated rings. The van der Waals surface area contributed by atoms with E-state index >= 15 is 0 Å². The third-order valence-corrected chi connectivity index (χ3v) is 3.99. The number of hydrogen-bond acceptors (Lipinski definition) is 5. The molecule has 1 heterocycles. The van der Waals surface area contributed by atoms with Gasteiger partial charge in [0.1, 0.15) is 17.4 Å². The Kier molecular flexibility index (Phi) is 3.34. The maximum atomic E-state index is 11.8. The molecular weight excluding hydrogens is 258 g/mol. The molecule has 0 aromatic heterocycles. The van der Waals surface area contributed by atoms with E-state index in [9.17, 15) is 4.79 Å². The number of hydrogen-bond donors (Lipinski definition) is 0. The quantitative estimate of drug-likeness (QED) is 0.795. The van der Waals surface area contributed by atoms with Gasteiger partial charge in [0, 0.05) is 11.5 Å². The molecular formula is C15H17NO4. The van der Waals surface area contributed by atoms with Crippen LogP contribution in [0.1, 0.15) is 35.2 Å². The molecule has 0 amide bonds. The second kappa shape index (κ2) is 5.15. The number of carbonyl (C=O) groups is 1. The Bertz CT molecular complexity index is 567. The van der Waals surface area contributed by atoms with E-state index in [1.54, 1.807) is 12.1 Å². The molecule has 1 aliphatic heterocycles. The van der Waals surface area contributed by atoms with Crippen LogP contribution in [0.25, 0.3) is 0 Å². The molecule has 106 valence electrons. The number of nitrogens with zero attached hydrogens (tertiary/aromatic N) is 1. The zero-order chi connectivity index (χ0) is 14.1. The Labute approximate surface area is 117 Å². The lowest BCUT2D eigenvalue weighted by molar-refractivity contribution is 0.0597. The summed E-state index contributed by atoms with van der Waals surface area (Å²) >= 11 is 0. The van der Waals surface area contributed by atoms with E-state index in [4.69, 9.17) is 14.3 Å². The Morgan fingerprint density at radius 2 is 2.20 bits per heavy atom. The van der Waals surface area contributed by atoms with Crippen molar-refractivity contribution in [1.29, 1.82) is 0 Å². The van der Waals surface area contributed by atoms with Gasteiger partial charge in [-0.15, -0.1) is 0 Å². The number of oxime groups is 1. The SMILES string of the molecule is COC(=O)c1cc(C2=NOC3CCCC23)ccc1OC. The van der Waals surface area contributed by atoms with Gasteiger partial charge in [0.05, 0.1) is 19.9 Å². The van der Waals surface area contributed by atoms with Crippen molar-refractivity contribution < 1.29 is 19.1 Å². The molecule has 0 spiro atoms. The van der Waals surface area contributed by atoms with Gasteiger partial charge in [0.15, 0.2) is 0 Å². The van der Waals surface area contributed by atoms with Crippen LogP contribution in [-0.4, -0.2) is 32.0 Å². The molecule has 2 unspecified atom stereocenters. The van der Waals surface area contributed by atoms with Crippen LogP contribution in [0.5, 0.6) is 5.75 Å². The molecule has 5 nitrogen and oxygen atoms in total. The predicted octanol–water partition coefficient (Wildman–Crippen LogP) is 2.38. The smallest absolute Gasteiger partial charge is 0.341 e. The molecule has 0 saturated heterocycles. The molecule has 0 N–H and O–H groups in total. The number of carbonyl (C=O) groups excluding carboxylic acids is 1. The fourth-order valence-electron chi connectivity index (χ4n) is 2.96. The van der Waals surface area contributed by atoms with Gasteiger partial charge >= 0.3 is 5.97 Å². The van der Waals surface area contributed by atoms with Gasteiger partial charge in [-0.3, -0.25) is 0 Å². The van der Waals surface area contributed by atoms with Crippen LogP contribution in [-0.2, 0) is 9.57 Å². The summed E-state index contributed by atoms with van der Waals surface area (Å²) < 4.78 is 9.99. The molecule has 0 bridgehead atoms. The van der Waals surface area contributed by atoms with E-state index in [0.29, 0.717) is 17.2 Å². The number of rotatable bonds is 3. The van der Waals surface area contributed by atoms with Crippen LogP contribution in [0.2, 0.25) is 0 Å². The Hall–Kier alpha value is -2.04. The zero-order valence-electron chi connectivity index (χ0n) is 11.6. The summed E-state index contributed by atoms with van der Waals surface area (Å²) in [7, 11) is 2.89. The lowest BCUT2D eigenvalue weighted by Gasteiger charge is -2.12. The summed E-state index contributed by atoms with van der Waals surface area (Å²) in [6.07, 6.45) is 3.50. The zero-order valence-corrected chi connectivity index (χ0v) is 11.6. The molecule has 1 aromatic rings. The third-order valence-electron chi connectivity index (χ3n) is 3.99. The molecule has 0 radical (unpaired) electrons. The largest absolute Gasteiger partial charge is 0.496 e. The molecule has 2 aliphatic rings. The summed E-state index contributed by atoms with van der Waals surface area (Å²) in [4.78, 5) is 17.3. The van der Waals surface area contributed by atoms with Gasteiger partial charge in [0.25, 0.3) is 0 Å². The number of methoxy groups -OCH3 is 2. The summed E-state index contributed by atoms with van der Waals surface area (Å²) in [5, 5.41) is 4.20. The maximum Gasteiger partial charge on any atom is 0.341 e. The Morgan fingerprint density at radius 3 is 2.95 bits per heavy atom. The van der Waals surface area contributed by atoms with E-state index in [0.717, 1.165) is 30.5 Å². The minimum absolute atomic E-state index is 0.202. The van der Waals surface area contributed by atoms with Gasteiger partial charge in [-0.2, -0.15) is 0 Å². The van der Waals surface area contributed by atoms with Crippen molar-refractivity contribution in [1.82, 2.24) is 0 Å². The molecule has 5 heteroatoms. The van der Waals surface area contributed by atoms with Gasteiger partial charge in [-0.05, 0) is 37.5 Å². The number of benzene rings is 1. The lowest BCUT2D eigenvalue weighted by Crippen LogP contribution is -2.18. The third kappa shape index (κ3) is 2.03. The van der Waals surface area contributed by atoms with Gasteiger partial charge < -0.3 is 14.3 Å². The van der Waals surface area contributed by atoms with Crippen molar-refractivity contribution in [2.24, 2.45) is 11.1 Å². The summed E-state index contributed by atoms with van der Waals surface area (Å²) in [6.45, 7) is 0. The molecule has 1 saturated carbocycles. The van der Waals surface area contributed by atoms with Gasteiger partial charge in [-0.25, -0.2) is 4.79 Å². The summed E-state index contributed by atoms with van der Waals surface area (Å²) in [5.41, 5.74) is 2.25. The molecule has 2 atom stereocenters. The Balaban J connectivity index is 1.96. The summed E-state index contributed by atoms with van der Waals surface area (Å²) in [5.74, 6) is 0.433. The number of fused-ring (bicyclic) bond motifs is 1. The Morgan fingerprint density at radius 1 is 1.35 bits per heavy atom. The van der Waals surface area contributed by atoms with Crippen molar-refractivity contribution in [2.75, 3.05) is 14.2 Å². The topological polar surface area (TPSA) is 57.1 Å². The molecule has 1 aromatic carbocycles. The van der Waals surface area contributed by atoms with Crippen LogP contribution in [0.3, 0.4) is 0 Å². The standard InChI is InChI=1S/C15H17NO4/c1-18-12-7-6-9(8-11(12)15(17)19-2)14-10-4-3-5-13(10)20-16-14/h6-8,10,13H,3-5H2,1-2H3. The van der Waals surface area contributed by atoms with Crippen molar-refractivity contribution in [2.45, 2.75) is 25.4 Å². The first-order chi connectivity index (χ1) is 9.74. The minimum Gasteiger partial charge on any atom is -0.496 e. The first kappa shape index (κ1) is 13.0. The number of ether oxygens (including phenoxy) is 2. The van der Waals surface area contributed by atoms with Crippen LogP contribution < -0.4 is 4.74 Å². The van der Waals surface area contributed by atoms with Gasteiger partial charge in [0.2, 0.25) is 0 Å². The normalized spacial score (nSPS) is 23.8. The monoisotopic (exact) mass is 275 g/mol. The average molecular weight is 275 g/mol. The highest BCUT2D eigenvalue weighted by molar-refractivity contribution is 6.05. The number of esters is 1. The molecule has 3 rings (SSSR count). The van der Waals surface area contributed by atoms with Crippen molar-refractivity contribution in [3.8, 4) is 5.75 Å². The van der Waals surface area contributed by atoms with E-state index in [1.165, 1.54) is 14.2 Å². The molecule has 1 aliphatic carbocycles. The van der Waals surface area contributed by atoms with Crippen LogP contribution in [0.4, 0.5) is 0 Å². The predicted molar refractivity (Wildman–Crippen MR) is 73.1 cm³/mol. The fourth-order valence-corrected chi connectivity index (χ4v) is 2.96. The first-order valence-corrected chi connectivity index (χ1v) is 6.75. The van der Waals surface area contributed by atoms with Crippen LogP contribution in [0, 0.1) is 5.92 Å². The second-order valence-corrected chi connectivity index (χ2v) is 5.06. The highest BCUT2D eigenvalue weighted by Gasteiger charge is 2.38. The maximum absolute atomic E-state index is 11.8. The highest BCUT2D eigenvalue weighted by atomic mass is 16.6. The highest BCUT2D eigenvalue weighted by Crippen LogP contribution is 2.36. The van der Waals surface area contributed by atoms with E-state index < -0.39 is 5.97 Å². The first-order valence-electron chi connectivity index (χ1n) is 6.75. The van der Waals surface area contributed by atoms with Crippen molar-refractivity contribution >= 4 is 11.7 Å². The van der Waals surface area contributed by atoms with Crippen molar-refractivity contribution in [3.05, 3.63) is 29.3 Å².